The summed E-state index contributed by atoms with van der Waals surface area (Å²) in [6.45, 7) is 11.4. The van der Waals surface area contributed by atoms with Crippen LogP contribution < -0.4 is 5.19 Å². The predicted octanol–water partition coefficient (Wildman–Crippen LogP) is 5.70. The van der Waals surface area contributed by atoms with Gasteiger partial charge in [-0.15, -0.1) is 30.1 Å². The van der Waals surface area contributed by atoms with Crippen LogP contribution in [0.4, 0.5) is 0 Å². The van der Waals surface area contributed by atoms with Crippen LogP contribution in [0.3, 0.4) is 0 Å². The molecule has 1 aromatic carbocycles. The Morgan fingerprint density at radius 1 is 1.23 bits per heavy atom. The monoisotopic (exact) mass is 350 g/mol. The molecule has 3 heteroatoms. The Morgan fingerprint density at radius 3 is 2.41 bits per heavy atom. The standard InChI is InChI=1S/C19H30S2Si/c1-5-6-15-22(4,18-11-8-7-9-12-18)19(16-17(2)3)20-13-10-14-21-19/h5,7-9,11-12,17H,1,6,10,13-16H2,2-4H3. The normalized spacial score (nSPS) is 20.5. The van der Waals surface area contributed by atoms with Gasteiger partial charge in [0, 0.05) is 0 Å². The summed E-state index contributed by atoms with van der Waals surface area (Å²) in [6.07, 6.45) is 5.99. The van der Waals surface area contributed by atoms with Crippen LogP contribution in [0.2, 0.25) is 12.6 Å². The molecular weight excluding hydrogens is 320 g/mol. The Morgan fingerprint density at radius 2 is 1.86 bits per heavy atom. The lowest BCUT2D eigenvalue weighted by molar-refractivity contribution is 0.594. The van der Waals surface area contributed by atoms with Crippen molar-refractivity contribution in [3.8, 4) is 0 Å². The zero-order valence-electron chi connectivity index (χ0n) is 14.3. The van der Waals surface area contributed by atoms with E-state index in [1.807, 2.05) is 0 Å². The molecule has 1 aromatic rings. The van der Waals surface area contributed by atoms with Crippen molar-refractivity contribution in [2.24, 2.45) is 5.92 Å². The lowest BCUT2D eigenvalue weighted by atomic mass is 10.2. The molecule has 2 rings (SSSR count). The van der Waals surface area contributed by atoms with Gasteiger partial charge < -0.3 is 0 Å². The van der Waals surface area contributed by atoms with Crippen molar-refractivity contribution in [1.82, 2.24) is 0 Å². The zero-order valence-corrected chi connectivity index (χ0v) is 16.9. The van der Waals surface area contributed by atoms with Gasteiger partial charge in [-0.3, -0.25) is 0 Å². The van der Waals surface area contributed by atoms with E-state index < -0.39 is 8.07 Å². The minimum absolute atomic E-state index is 0.434. The Hall–Kier alpha value is -0.123. The maximum absolute atomic E-state index is 3.99. The van der Waals surface area contributed by atoms with E-state index in [2.05, 4.69) is 86.9 Å². The summed E-state index contributed by atoms with van der Waals surface area (Å²) >= 11 is 4.56. The first kappa shape index (κ1) is 18.2. The van der Waals surface area contributed by atoms with E-state index in [4.69, 9.17) is 0 Å². The highest BCUT2D eigenvalue weighted by atomic mass is 32.2. The van der Waals surface area contributed by atoms with Crippen molar-refractivity contribution < 1.29 is 0 Å². The fourth-order valence-electron chi connectivity index (χ4n) is 3.53. The lowest BCUT2D eigenvalue weighted by Gasteiger charge is -2.50. The SMILES string of the molecule is C=CCC[Si](C)(c1ccccc1)C1(CC(C)C)SCCCS1. The van der Waals surface area contributed by atoms with Gasteiger partial charge in [-0.05, 0) is 42.7 Å². The highest BCUT2D eigenvalue weighted by molar-refractivity contribution is 8.21. The summed E-state index contributed by atoms with van der Waals surface area (Å²) in [6, 6.07) is 12.7. The molecule has 1 fully saturated rings. The molecule has 1 aliphatic heterocycles. The summed E-state index contributed by atoms with van der Waals surface area (Å²) in [5.41, 5.74) is 0. The molecule has 0 radical (unpaired) electrons. The van der Waals surface area contributed by atoms with Gasteiger partial charge in [0.1, 0.15) is 8.07 Å². The molecule has 122 valence electrons. The van der Waals surface area contributed by atoms with Crippen LogP contribution in [0.5, 0.6) is 0 Å². The first-order valence-electron chi connectivity index (χ1n) is 8.48. The van der Waals surface area contributed by atoms with E-state index in [1.165, 1.54) is 30.4 Å². The molecule has 1 heterocycles. The van der Waals surface area contributed by atoms with Crippen LogP contribution in [-0.4, -0.2) is 23.3 Å². The maximum Gasteiger partial charge on any atom is 0.113 e. The number of thioether (sulfide) groups is 2. The summed E-state index contributed by atoms with van der Waals surface area (Å²) < 4.78 is 0.434. The van der Waals surface area contributed by atoms with Gasteiger partial charge >= 0.3 is 0 Å². The first-order valence-corrected chi connectivity index (χ1v) is 13.2. The van der Waals surface area contributed by atoms with Gasteiger partial charge in [-0.25, -0.2) is 0 Å². The van der Waals surface area contributed by atoms with Crippen molar-refractivity contribution >= 4 is 36.8 Å². The molecule has 1 atom stereocenters. The van der Waals surface area contributed by atoms with Gasteiger partial charge in [0.05, 0.1) is 3.70 Å². The molecule has 0 aromatic heterocycles. The zero-order chi connectivity index (χ0) is 16.1. The van der Waals surface area contributed by atoms with Crippen molar-refractivity contribution in [2.45, 2.75) is 49.4 Å². The van der Waals surface area contributed by atoms with Crippen LogP contribution in [0.1, 0.15) is 33.1 Å². The Labute approximate surface area is 146 Å². The molecule has 0 aliphatic carbocycles. The molecule has 0 saturated carbocycles. The third kappa shape index (κ3) is 3.85. The van der Waals surface area contributed by atoms with Gasteiger partial charge in [0.15, 0.2) is 0 Å². The van der Waals surface area contributed by atoms with Crippen molar-refractivity contribution in [2.75, 3.05) is 11.5 Å². The van der Waals surface area contributed by atoms with Crippen LogP contribution >= 0.6 is 23.5 Å². The second-order valence-corrected chi connectivity index (χ2v) is 15.3. The molecule has 1 unspecified atom stereocenters. The maximum atomic E-state index is 3.99. The highest BCUT2D eigenvalue weighted by Gasteiger charge is 2.52. The number of rotatable bonds is 7. The summed E-state index contributed by atoms with van der Waals surface area (Å²) in [5, 5.41) is 1.64. The van der Waals surface area contributed by atoms with Gasteiger partial charge in [0.2, 0.25) is 0 Å². The number of hydrogen-bond donors (Lipinski definition) is 0. The molecule has 1 saturated heterocycles. The Balaban J connectivity index is 2.45. The van der Waals surface area contributed by atoms with Crippen LogP contribution in [0.15, 0.2) is 43.0 Å². The number of allylic oxidation sites excluding steroid dienone is 1. The molecule has 0 nitrogen and oxygen atoms in total. The highest BCUT2D eigenvalue weighted by Crippen LogP contribution is 2.53. The molecule has 0 N–H and O–H groups in total. The largest absolute Gasteiger partial charge is 0.147 e. The quantitative estimate of drug-likeness (QED) is 0.457. The van der Waals surface area contributed by atoms with Crippen LogP contribution in [0, 0.1) is 5.92 Å². The van der Waals surface area contributed by atoms with E-state index in [-0.39, 0.29) is 0 Å². The fourth-order valence-corrected chi connectivity index (χ4v) is 14.8. The topological polar surface area (TPSA) is 0 Å². The fraction of sp³-hybridized carbons (Fsp3) is 0.579. The van der Waals surface area contributed by atoms with Crippen LogP contribution in [0.25, 0.3) is 0 Å². The summed E-state index contributed by atoms with van der Waals surface area (Å²) in [4.78, 5) is 0. The molecular formula is C19H30S2Si. The average molecular weight is 351 g/mol. The third-order valence-corrected chi connectivity index (χ3v) is 16.0. The minimum Gasteiger partial charge on any atom is -0.147 e. The van der Waals surface area contributed by atoms with E-state index >= 15 is 0 Å². The van der Waals surface area contributed by atoms with Crippen LogP contribution in [-0.2, 0) is 0 Å². The second-order valence-electron chi connectivity index (χ2n) is 6.93. The second kappa shape index (κ2) is 8.12. The van der Waals surface area contributed by atoms with Gasteiger partial charge in [-0.1, -0.05) is 62.0 Å². The van der Waals surface area contributed by atoms with Gasteiger partial charge in [-0.2, -0.15) is 0 Å². The average Bonchev–Trinajstić information content (AvgIpc) is 2.53. The molecule has 0 amide bonds. The first-order chi connectivity index (χ1) is 10.5. The van der Waals surface area contributed by atoms with E-state index in [0.29, 0.717) is 3.70 Å². The Kier molecular flexibility index (Phi) is 6.72. The number of hydrogen-bond acceptors (Lipinski definition) is 2. The van der Waals surface area contributed by atoms with E-state index in [9.17, 15) is 0 Å². The van der Waals surface area contributed by atoms with E-state index in [0.717, 1.165) is 12.3 Å². The van der Waals surface area contributed by atoms with Gasteiger partial charge in [0.25, 0.3) is 0 Å². The van der Waals surface area contributed by atoms with Crippen molar-refractivity contribution in [3.63, 3.8) is 0 Å². The van der Waals surface area contributed by atoms with Crippen molar-refractivity contribution in [3.05, 3.63) is 43.0 Å². The Bertz CT molecular complexity index is 466. The van der Waals surface area contributed by atoms with E-state index in [1.54, 1.807) is 5.19 Å². The van der Waals surface area contributed by atoms with Crippen molar-refractivity contribution in [1.29, 1.82) is 0 Å². The minimum atomic E-state index is -1.60. The summed E-state index contributed by atoms with van der Waals surface area (Å²) in [5.74, 6) is 3.43. The third-order valence-electron chi connectivity index (χ3n) is 4.74. The number of benzene rings is 1. The molecule has 0 bridgehead atoms. The smallest absolute Gasteiger partial charge is 0.113 e. The summed E-state index contributed by atoms with van der Waals surface area (Å²) in [7, 11) is -1.60. The molecule has 0 spiro atoms. The predicted molar refractivity (Wildman–Crippen MR) is 109 cm³/mol. The molecule has 22 heavy (non-hydrogen) atoms. The lowest BCUT2D eigenvalue weighted by Crippen LogP contribution is -2.62. The molecule has 1 aliphatic rings.